The van der Waals surface area contributed by atoms with Crippen LogP contribution in [0.4, 0.5) is 5.69 Å². The molecule has 0 spiro atoms. The van der Waals surface area contributed by atoms with Crippen molar-refractivity contribution in [2.75, 3.05) is 65.3 Å². The smallest absolute Gasteiger partial charge is 0.255 e. The van der Waals surface area contributed by atoms with E-state index in [1.54, 1.807) is 6.07 Å². The normalized spacial score (nSPS) is 21.7. The van der Waals surface area contributed by atoms with Crippen LogP contribution >= 0.6 is 0 Å². The van der Waals surface area contributed by atoms with E-state index < -0.39 is 6.10 Å². The zero-order chi connectivity index (χ0) is 21.3. The van der Waals surface area contributed by atoms with Crippen molar-refractivity contribution in [2.45, 2.75) is 31.8 Å². The average molecular weight is 421 g/mol. The van der Waals surface area contributed by atoms with Gasteiger partial charge in [-0.2, -0.15) is 0 Å². The number of β-amino-alcohol motifs (C(OH)–C–C–N with tert-alkyl or cyclic N) is 1. The minimum atomic E-state index is -0.427. The van der Waals surface area contributed by atoms with Crippen molar-refractivity contribution in [3.8, 4) is 11.5 Å². The highest BCUT2D eigenvalue weighted by atomic mass is 16.5. The highest BCUT2D eigenvalue weighted by molar-refractivity contribution is 5.99. The van der Waals surface area contributed by atoms with E-state index in [2.05, 4.69) is 20.9 Å². The van der Waals surface area contributed by atoms with Crippen molar-refractivity contribution in [3.05, 3.63) is 17.7 Å². The number of nitrogens with zero attached hydrogens (tertiary/aromatic N) is 1. The van der Waals surface area contributed by atoms with Crippen LogP contribution in [0, 0.1) is 5.92 Å². The van der Waals surface area contributed by atoms with Crippen molar-refractivity contribution < 1.29 is 19.4 Å². The molecule has 1 aromatic carbocycles. The highest BCUT2D eigenvalue weighted by Gasteiger charge is 2.28. The second-order valence-electron chi connectivity index (χ2n) is 8.09. The Morgan fingerprint density at radius 2 is 2.07 bits per heavy atom. The van der Waals surface area contributed by atoms with Crippen LogP contribution in [-0.4, -0.2) is 82.1 Å². The lowest BCUT2D eigenvalue weighted by Gasteiger charge is -2.36. The van der Waals surface area contributed by atoms with Gasteiger partial charge in [-0.05, 0) is 52.0 Å². The van der Waals surface area contributed by atoms with Gasteiger partial charge in [-0.15, -0.1) is 0 Å². The summed E-state index contributed by atoms with van der Waals surface area (Å²) in [6.07, 6.45) is 3.50. The summed E-state index contributed by atoms with van der Waals surface area (Å²) in [7, 11) is 3.78. The first-order valence-electron chi connectivity index (χ1n) is 11.1. The Morgan fingerprint density at radius 3 is 2.83 bits per heavy atom. The van der Waals surface area contributed by atoms with Crippen LogP contribution in [-0.2, 0) is 0 Å². The number of carbonyl (C=O) groups excluding carboxylic acids is 1. The molecule has 4 N–H and O–H groups in total. The maximum absolute atomic E-state index is 12.9. The van der Waals surface area contributed by atoms with E-state index in [0.29, 0.717) is 43.4 Å². The molecule has 0 aliphatic carbocycles. The number of ether oxygens (including phenoxy) is 2. The number of nitrogens with one attached hydrogen (secondary N) is 3. The summed E-state index contributed by atoms with van der Waals surface area (Å²) in [6.45, 7) is 5.21. The average Bonchev–Trinajstić information content (AvgIpc) is 3.00. The third-order valence-corrected chi connectivity index (χ3v) is 5.86. The van der Waals surface area contributed by atoms with E-state index in [0.717, 1.165) is 51.0 Å². The third kappa shape index (κ3) is 6.00. The number of benzene rings is 1. The van der Waals surface area contributed by atoms with Crippen molar-refractivity contribution in [1.82, 2.24) is 15.5 Å². The molecule has 8 nitrogen and oxygen atoms in total. The second-order valence-corrected chi connectivity index (χ2v) is 8.09. The molecule has 1 amide bonds. The predicted octanol–water partition coefficient (Wildman–Crippen LogP) is 1.30. The monoisotopic (exact) mass is 420 g/mol. The molecule has 1 aromatic rings. The molecule has 2 aliphatic heterocycles. The highest BCUT2D eigenvalue weighted by Crippen LogP contribution is 2.36. The number of likely N-dealkylation sites (tertiary alicyclic amines) is 1. The SMILES string of the molecule is CNCCCCN1CC[C@@H](CNC(=O)c2cc(NC)cc3c2OCCCO3)C(O)C1. The van der Waals surface area contributed by atoms with E-state index in [1.807, 2.05) is 20.2 Å². The number of hydrogen-bond acceptors (Lipinski definition) is 7. The maximum Gasteiger partial charge on any atom is 0.255 e. The molecule has 0 saturated carbocycles. The van der Waals surface area contributed by atoms with Gasteiger partial charge in [0.1, 0.15) is 0 Å². The maximum atomic E-state index is 12.9. The minimum absolute atomic E-state index is 0.0609. The van der Waals surface area contributed by atoms with Gasteiger partial charge in [-0.25, -0.2) is 0 Å². The first kappa shape index (κ1) is 22.7. The van der Waals surface area contributed by atoms with Crippen molar-refractivity contribution in [2.24, 2.45) is 5.92 Å². The Kier molecular flexibility index (Phi) is 8.60. The third-order valence-electron chi connectivity index (χ3n) is 5.86. The number of hydrogen-bond donors (Lipinski definition) is 4. The summed E-state index contributed by atoms with van der Waals surface area (Å²) in [4.78, 5) is 15.3. The minimum Gasteiger partial charge on any atom is -0.489 e. The standard InChI is InChI=1S/C22H36N4O4/c1-23-7-3-4-8-26-9-6-16(19(27)15-26)14-25-22(28)18-12-17(24-2)13-20-21(18)30-11-5-10-29-20/h12-13,16,19,23-24,27H,3-11,14-15H2,1-2H3,(H,25,28)/t16-,19?/m0/s1. The summed E-state index contributed by atoms with van der Waals surface area (Å²) < 4.78 is 11.6. The first-order chi connectivity index (χ1) is 14.6. The number of amides is 1. The molecular weight excluding hydrogens is 384 g/mol. The summed E-state index contributed by atoms with van der Waals surface area (Å²) in [5.74, 6) is 0.957. The van der Waals surface area contributed by atoms with Gasteiger partial charge in [0.05, 0.1) is 24.9 Å². The molecule has 1 unspecified atom stereocenters. The summed E-state index contributed by atoms with van der Waals surface area (Å²) in [5.41, 5.74) is 1.27. The van der Waals surface area contributed by atoms with Crippen LogP contribution in [0.25, 0.3) is 0 Å². The molecule has 3 rings (SSSR count). The molecular formula is C22H36N4O4. The lowest BCUT2D eigenvalue weighted by molar-refractivity contribution is 0.0216. The molecule has 1 fully saturated rings. The van der Waals surface area contributed by atoms with Gasteiger partial charge in [0.15, 0.2) is 11.5 Å². The molecule has 2 aliphatic rings. The number of piperidine rings is 1. The zero-order valence-corrected chi connectivity index (χ0v) is 18.2. The van der Waals surface area contributed by atoms with Gasteiger partial charge in [-0.1, -0.05) is 0 Å². The van der Waals surface area contributed by atoms with E-state index in [4.69, 9.17) is 9.47 Å². The molecule has 0 bridgehead atoms. The summed E-state index contributed by atoms with van der Waals surface area (Å²) >= 11 is 0. The number of anilines is 1. The fraction of sp³-hybridized carbons (Fsp3) is 0.682. The Labute approximate surface area is 179 Å². The largest absolute Gasteiger partial charge is 0.489 e. The van der Waals surface area contributed by atoms with E-state index >= 15 is 0 Å². The summed E-state index contributed by atoms with van der Waals surface area (Å²) in [6, 6.07) is 3.64. The van der Waals surface area contributed by atoms with Crippen molar-refractivity contribution >= 4 is 11.6 Å². The van der Waals surface area contributed by atoms with Crippen molar-refractivity contribution in [3.63, 3.8) is 0 Å². The van der Waals surface area contributed by atoms with E-state index in [1.165, 1.54) is 0 Å². The Bertz CT molecular complexity index is 700. The second kappa shape index (κ2) is 11.4. The Balaban J connectivity index is 1.55. The molecule has 0 radical (unpaired) electrons. The van der Waals surface area contributed by atoms with Crippen LogP contribution in [0.5, 0.6) is 11.5 Å². The number of rotatable bonds is 9. The lowest BCUT2D eigenvalue weighted by atomic mass is 9.93. The number of aliphatic hydroxyl groups excluding tert-OH is 1. The Hall–Kier alpha value is -2.03. The fourth-order valence-electron chi connectivity index (χ4n) is 4.03. The van der Waals surface area contributed by atoms with Gasteiger partial charge < -0.3 is 35.4 Å². The van der Waals surface area contributed by atoms with Crippen LogP contribution in [0.1, 0.15) is 36.0 Å². The van der Waals surface area contributed by atoms with Crippen LogP contribution < -0.4 is 25.4 Å². The van der Waals surface area contributed by atoms with Crippen LogP contribution in [0.2, 0.25) is 0 Å². The molecule has 168 valence electrons. The molecule has 0 aromatic heterocycles. The van der Waals surface area contributed by atoms with Gasteiger partial charge in [0.2, 0.25) is 0 Å². The predicted molar refractivity (Wildman–Crippen MR) is 118 cm³/mol. The molecule has 30 heavy (non-hydrogen) atoms. The van der Waals surface area contributed by atoms with Crippen molar-refractivity contribution in [1.29, 1.82) is 0 Å². The number of carbonyl (C=O) groups is 1. The number of fused-ring (bicyclic) bond motifs is 1. The van der Waals surface area contributed by atoms with Gasteiger partial charge >= 0.3 is 0 Å². The summed E-state index contributed by atoms with van der Waals surface area (Å²) in [5, 5.41) is 19.8. The lowest BCUT2D eigenvalue weighted by Crippen LogP contribution is -2.47. The molecule has 2 heterocycles. The first-order valence-corrected chi connectivity index (χ1v) is 11.1. The van der Waals surface area contributed by atoms with E-state index in [-0.39, 0.29) is 11.8 Å². The Morgan fingerprint density at radius 1 is 1.23 bits per heavy atom. The molecule has 8 heteroatoms. The van der Waals surface area contributed by atoms with Gasteiger partial charge in [0, 0.05) is 44.2 Å². The van der Waals surface area contributed by atoms with Gasteiger partial charge in [0.25, 0.3) is 5.91 Å². The molecule has 2 atom stereocenters. The molecule has 1 saturated heterocycles. The fourth-order valence-corrected chi connectivity index (χ4v) is 4.03. The van der Waals surface area contributed by atoms with Crippen LogP contribution in [0.3, 0.4) is 0 Å². The topological polar surface area (TPSA) is 95.1 Å². The zero-order valence-electron chi connectivity index (χ0n) is 18.2. The van der Waals surface area contributed by atoms with Gasteiger partial charge in [-0.3, -0.25) is 4.79 Å². The number of unbranched alkanes of at least 4 members (excludes halogenated alkanes) is 1. The quantitative estimate of drug-likeness (QED) is 0.447. The van der Waals surface area contributed by atoms with E-state index in [9.17, 15) is 9.90 Å². The van der Waals surface area contributed by atoms with Crippen LogP contribution in [0.15, 0.2) is 12.1 Å². The number of aliphatic hydroxyl groups is 1.